The maximum absolute atomic E-state index is 13.0. The number of nitrogens with one attached hydrogen (secondary N) is 3. The first-order chi connectivity index (χ1) is 16.5. The summed E-state index contributed by atoms with van der Waals surface area (Å²) in [4.78, 5) is 38.3. The van der Waals surface area contributed by atoms with Crippen molar-refractivity contribution in [1.29, 1.82) is 0 Å². The lowest BCUT2D eigenvalue weighted by Gasteiger charge is -2.13. The summed E-state index contributed by atoms with van der Waals surface area (Å²) in [6.45, 7) is 0. The van der Waals surface area contributed by atoms with Crippen LogP contribution in [-0.2, 0) is 0 Å². The fraction of sp³-hybridized carbons (Fsp3) is 0. The molecular weight excluding hydrogens is 494 g/mol. The van der Waals surface area contributed by atoms with Gasteiger partial charge in [-0.15, -0.1) is 0 Å². The topological polar surface area (TPSA) is 87.3 Å². The lowest BCUT2D eigenvalue weighted by atomic mass is 10.1. The summed E-state index contributed by atoms with van der Waals surface area (Å²) in [5.41, 5.74) is 2.59. The third-order valence-electron chi connectivity index (χ3n) is 4.88. The van der Waals surface area contributed by atoms with Crippen LogP contribution in [0.15, 0.2) is 108 Å². The summed E-state index contributed by atoms with van der Waals surface area (Å²) >= 11 is 3.37. The van der Waals surface area contributed by atoms with Crippen molar-refractivity contribution in [3.05, 3.63) is 124 Å². The Bertz CT molecular complexity index is 1250. The lowest BCUT2D eigenvalue weighted by molar-refractivity contribution is 0.101. The summed E-state index contributed by atoms with van der Waals surface area (Å²) in [7, 11) is 0. The van der Waals surface area contributed by atoms with E-state index in [0.717, 1.165) is 4.47 Å². The smallest absolute Gasteiger partial charge is 0.255 e. The Morgan fingerprint density at radius 2 is 0.882 bits per heavy atom. The standard InChI is InChI=1S/C27H20BrN3O3/c28-21-11-13-22(14-12-21)29-27(34)20-15-23(30-25(32)18-7-3-1-4-8-18)17-24(16-20)31-26(33)19-9-5-2-6-10-19/h1-17H,(H,29,34)(H,30,32)(H,31,33). The Morgan fingerprint density at radius 1 is 0.471 bits per heavy atom. The van der Waals surface area contributed by atoms with Gasteiger partial charge in [0.2, 0.25) is 0 Å². The van der Waals surface area contributed by atoms with Crippen LogP contribution >= 0.6 is 15.9 Å². The first kappa shape index (κ1) is 22.9. The van der Waals surface area contributed by atoms with Crippen molar-refractivity contribution in [3.63, 3.8) is 0 Å². The molecule has 0 fully saturated rings. The van der Waals surface area contributed by atoms with Crippen LogP contribution < -0.4 is 16.0 Å². The fourth-order valence-corrected chi connectivity index (χ4v) is 3.49. The highest BCUT2D eigenvalue weighted by Gasteiger charge is 2.14. The molecule has 0 unspecified atom stereocenters. The molecule has 0 saturated carbocycles. The highest BCUT2D eigenvalue weighted by molar-refractivity contribution is 9.10. The van der Waals surface area contributed by atoms with E-state index < -0.39 is 0 Å². The molecule has 0 radical (unpaired) electrons. The molecule has 0 aliphatic carbocycles. The molecule has 6 nitrogen and oxygen atoms in total. The minimum atomic E-state index is -0.381. The second kappa shape index (κ2) is 10.6. The van der Waals surface area contributed by atoms with Crippen LogP contribution in [0, 0.1) is 0 Å². The monoisotopic (exact) mass is 513 g/mol. The predicted octanol–water partition coefficient (Wildman–Crippen LogP) is 6.21. The zero-order chi connectivity index (χ0) is 23.9. The molecule has 0 aromatic heterocycles. The summed E-state index contributed by atoms with van der Waals surface area (Å²) in [6.07, 6.45) is 0. The molecule has 4 aromatic rings. The maximum Gasteiger partial charge on any atom is 0.255 e. The number of anilines is 3. The van der Waals surface area contributed by atoms with Crippen molar-refractivity contribution in [2.45, 2.75) is 0 Å². The van der Waals surface area contributed by atoms with Crippen LogP contribution in [0.2, 0.25) is 0 Å². The molecule has 0 saturated heterocycles. The average Bonchev–Trinajstić information content (AvgIpc) is 2.86. The summed E-state index contributed by atoms with van der Waals surface area (Å²) in [5, 5.41) is 8.43. The zero-order valence-corrected chi connectivity index (χ0v) is 19.5. The number of benzene rings is 4. The summed E-state index contributed by atoms with van der Waals surface area (Å²) in [6, 6.07) is 29.4. The largest absolute Gasteiger partial charge is 0.322 e. The first-order valence-electron chi connectivity index (χ1n) is 10.4. The predicted molar refractivity (Wildman–Crippen MR) is 137 cm³/mol. The highest BCUT2D eigenvalue weighted by Crippen LogP contribution is 2.22. The Kier molecular flexibility index (Phi) is 7.15. The van der Waals surface area contributed by atoms with E-state index in [1.807, 2.05) is 24.3 Å². The van der Waals surface area contributed by atoms with Crippen LogP contribution in [0.3, 0.4) is 0 Å². The Morgan fingerprint density at radius 3 is 1.35 bits per heavy atom. The third kappa shape index (κ3) is 5.96. The molecule has 3 amide bonds. The highest BCUT2D eigenvalue weighted by atomic mass is 79.9. The van der Waals surface area contributed by atoms with Gasteiger partial charge in [0.15, 0.2) is 0 Å². The van der Waals surface area contributed by atoms with Gasteiger partial charge in [-0.2, -0.15) is 0 Å². The zero-order valence-electron chi connectivity index (χ0n) is 17.9. The molecule has 0 aliphatic rings. The summed E-state index contributed by atoms with van der Waals surface area (Å²) < 4.78 is 0.891. The van der Waals surface area contributed by atoms with E-state index in [-0.39, 0.29) is 23.3 Å². The van der Waals surface area contributed by atoms with E-state index in [0.29, 0.717) is 28.2 Å². The van der Waals surface area contributed by atoms with Gasteiger partial charge in [0.05, 0.1) is 0 Å². The fourth-order valence-electron chi connectivity index (χ4n) is 3.23. The van der Waals surface area contributed by atoms with Gasteiger partial charge in [-0.1, -0.05) is 52.3 Å². The number of rotatable bonds is 6. The minimum Gasteiger partial charge on any atom is -0.322 e. The van der Waals surface area contributed by atoms with Crippen LogP contribution in [0.5, 0.6) is 0 Å². The van der Waals surface area contributed by atoms with Gasteiger partial charge in [0.25, 0.3) is 17.7 Å². The number of hydrogen-bond donors (Lipinski definition) is 3. The van der Waals surface area contributed by atoms with Gasteiger partial charge in [-0.3, -0.25) is 14.4 Å². The van der Waals surface area contributed by atoms with E-state index in [1.165, 1.54) is 0 Å². The second-order valence-corrected chi connectivity index (χ2v) is 8.32. The van der Waals surface area contributed by atoms with E-state index in [2.05, 4.69) is 31.9 Å². The van der Waals surface area contributed by atoms with Gasteiger partial charge in [0.1, 0.15) is 0 Å². The second-order valence-electron chi connectivity index (χ2n) is 7.40. The molecule has 7 heteroatoms. The van der Waals surface area contributed by atoms with Gasteiger partial charge < -0.3 is 16.0 Å². The number of hydrogen-bond acceptors (Lipinski definition) is 3. The number of amides is 3. The van der Waals surface area contributed by atoms with Crippen LogP contribution in [-0.4, -0.2) is 17.7 Å². The maximum atomic E-state index is 13.0. The molecular formula is C27H20BrN3O3. The molecule has 0 aliphatic heterocycles. The number of halogens is 1. The first-order valence-corrected chi connectivity index (χ1v) is 11.2. The van der Waals surface area contributed by atoms with Crippen molar-refractivity contribution in [3.8, 4) is 0 Å². The molecule has 0 spiro atoms. The van der Waals surface area contributed by atoms with Crippen LogP contribution in [0.1, 0.15) is 31.1 Å². The quantitative estimate of drug-likeness (QED) is 0.286. The van der Waals surface area contributed by atoms with Gasteiger partial charge in [-0.05, 0) is 66.7 Å². The van der Waals surface area contributed by atoms with E-state index >= 15 is 0 Å². The third-order valence-corrected chi connectivity index (χ3v) is 5.41. The summed E-state index contributed by atoms with van der Waals surface area (Å²) in [5.74, 6) is -1.04. The molecule has 168 valence electrons. The normalized spacial score (nSPS) is 10.3. The molecule has 34 heavy (non-hydrogen) atoms. The number of carbonyl (C=O) groups excluding carboxylic acids is 3. The van der Waals surface area contributed by atoms with Crippen molar-refractivity contribution in [2.24, 2.45) is 0 Å². The molecule has 4 aromatic carbocycles. The molecule has 0 atom stereocenters. The minimum absolute atomic E-state index is 0.275. The lowest BCUT2D eigenvalue weighted by Crippen LogP contribution is -2.17. The Balaban J connectivity index is 1.62. The SMILES string of the molecule is O=C(Nc1cc(NC(=O)c2ccccc2)cc(C(=O)Nc2ccc(Br)cc2)c1)c1ccccc1. The van der Waals surface area contributed by atoms with Crippen molar-refractivity contribution in [2.75, 3.05) is 16.0 Å². The van der Waals surface area contributed by atoms with Gasteiger partial charge in [-0.25, -0.2) is 0 Å². The number of carbonyl (C=O) groups is 3. The average molecular weight is 514 g/mol. The van der Waals surface area contributed by atoms with E-state index in [1.54, 1.807) is 78.9 Å². The molecule has 0 heterocycles. The van der Waals surface area contributed by atoms with Crippen molar-refractivity contribution >= 4 is 50.7 Å². The van der Waals surface area contributed by atoms with Crippen LogP contribution in [0.4, 0.5) is 17.1 Å². The van der Waals surface area contributed by atoms with Gasteiger partial charge >= 0.3 is 0 Å². The Labute approximate surface area is 205 Å². The molecule has 4 rings (SSSR count). The Hall–Kier alpha value is -4.23. The van der Waals surface area contributed by atoms with Crippen LogP contribution in [0.25, 0.3) is 0 Å². The van der Waals surface area contributed by atoms with E-state index in [4.69, 9.17) is 0 Å². The van der Waals surface area contributed by atoms with Crippen molar-refractivity contribution < 1.29 is 14.4 Å². The van der Waals surface area contributed by atoms with Crippen molar-refractivity contribution in [1.82, 2.24) is 0 Å². The van der Waals surface area contributed by atoms with Gasteiger partial charge in [0, 0.05) is 38.2 Å². The van der Waals surface area contributed by atoms with E-state index in [9.17, 15) is 14.4 Å². The molecule has 3 N–H and O–H groups in total. The molecule has 0 bridgehead atoms.